The van der Waals surface area contributed by atoms with Crippen LogP contribution < -0.4 is 15.6 Å². The maximum Gasteiger partial charge on any atom is 0.293 e. The van der Waals surface area contributed by atoms with E-state index in [2.05, 4.69) is 15.5 Å². The fraction of sp³-hybridized carbons (Fsp3) is 0.400. The Morgan fingerprint density at radius 2 is 2.10 bits per heavy atom. The molecular formula is C20H23N5O4. The van der Waals surface area contributed by atoms with Crippen LogP contribution in [0, 0.1) is 6.92 Å². The van der Waals surface area contributed by atoms with Crippen molar-refractivity contribution in [3.05, 3.63) is 46.5 Å². The molecule has 1 aliphatic rings. The molecule has 0 bridgehead atoms. The van der Waals surface area contributed by atoms with Gasteiger partial charge in [-0.1, -0.05) is 0 Å². The third-order valence-electron chi connectivity index (χ3n) is 4.96. The summed E-state index contributed by atoms with van der Waals surface area (Å²) in [6, 6.07) is 9.13. The largest absolute Gasteiger partial charge is 0.497 e. The van der Waals surface area contributed by atoms with Gasteiger partial charge in [-0.2, -0.15) is 10.2 Å². The Bertz CT molecular complexity index is 1080. The highest BCUT2D eigenvalue weighted by Crippen LogP contribution is 2.22. The number of hydrogen-bond acceptors (Lipinski definition) is 6. The predicted molar refractivity (Wildman–Crippen MR) is 106 cm³/mol. The summed E-state index contributed by atoms with van der Waals surface area (Å²) in [5.41, 5.74) is 1.51. The molecule has 0 radical (unpaired) electrons. The van der Waals surface area contributed by atoms with Crippen molar-refractivity contribution in [3.8, 4) is 17.0 Å². The van der Waals surface area contributed by atoms with Gasteiger partial charge in [-0.15, -0.1) is 0 Å². The number of aromatic nitrogens is 4. The molecule has 1 aromatic carbocycles. The van der Waals surface area contributed by atoms with Gasteiger partial charge < -0.3 is 14.8 Å². The molecule has 1 fully saturated rings. The first-order valence-electron chi connectivity index (χ1n) is 9.55. The summed E-state index contributed by atoms with van der Waals surface area (Å²) in [5, 5.41) is 11.5. The molecule has 3 heterocycles. The number of ether oxygens (including phenoxy) is 2. The summed E-state index contributed by atoms with van der Waals surface area (Å²) in [6.07, 6.45) is 2.00. The number of carbonyl (C=O) groups excluding carboxylic acids is 1. The number of aryl methyl sites for hydroxylation is 1. The number of methoxy groups -OCH3 is 1. The van der Waals surface area contributed by atoms with Crippen LogP contribution in [-0.4, -0.2) is 51.7 Å². The van der Waals surface area contributed by atoms with E-state index in [1.165, 1.54) is 9.20 Å². The van der Waals surface area contributed by atoms with E-state index in [-0.39, 0.29) is 24.1 Å². The van der Waals surface area contributed by atoms with Crippen LogP contribution in [0.5, 0.6) is 5.75 Å². The summed E-state index contributed by atoms with van der Waals surface area (Å²) in [7, 11) is 1.61. The molecule has 9 nitrogen and oxygen atoms in total. The van der Waals surface area contributed by atoms with E-state index >= 15 is 0 Å². The van der Waals surface area contributed by atoms with Crippen molar-refractivity contribution in [2.45, 2.75) is 32.4 Å². The zero-order valence-electron chi connectivity index (χ0n) is 16.4. The summed E-state index contributed by atoms with van der Waals surface area (Å²) in [4.78, 5) is 25.1. The Labute approximate surface area is 167 Å². The summed E-state index contributed by atoms with van der Waals surface area (Å²) in [6.45, 7) is 2.78. The van der Waals surface area contributed by atoms with Gasteiger partial charge in [-0.25, -0.2) is 9.20 Å². The monoisotopic (exact) mass is 397 g/mol. The van der Waals surface area contributed by atoms with Crippen molar-refractivity contribution < 1.29 is 14.3 Å². The van der Waals surface area contributed by atoms with Crippen molar-refractivity contribution in [3.63, 3.8) is 0 Å². The van der Waals surface area contributed by atoms with Crippen LogP contribution in [0.2, 0.25) is 0 Å². The highest BCUT2D eigenvalue weighted by molar-refractivity contribution is 5.75. The van der Waals surface area contributed by atoms with Crippen molar-refractivity contribution in [2.24, 2.45) is 0 Å². The van der Waals surface area contributed by atoms with E-state index < -0.39 is 0 Å². The molecule has 1 atom stereocenters. The summed E-state index contributed by atoms with van der Waals surface area (Å²) >= 11 is 0. The van der Waals surface area contributed by atoms with Gasteiger partial charge >= 0.3 is 0 Å². The Morgan fingerprint density at radius 3 is 2.79 bits per heavy atom. The second-order valence-corrected chi connectivity index (χ2v) is 7.00. The van der Waals surface area contributed by atoms with Crippen LogP contribution in [0.25, 0.3) is 16.8 Å². The fourth-order valence-corrected chi connectivity index (χ4v) is 3.41. The molecule has 0 aliphatic carbocycles. The van der Waals surface area contributed by atoms with Gasteiger partial charge in [0.05, 0.1) is 18.9 Å². The molecule has 4 rings (SSSR count). The van der Waals surface area contributed by atoms with Gasteiger partial charge in [0.25, 0.3) is 5.56 Å². The molecule has 1 unspecified atom stereocenters. The smallest absolute Gasteiger partial charge is 0.293 e. The molecule has 29 heavy (non-hydrogen) atoms. The van der Waals surface area contributed by atoms with E-state index in [1.807, 2.05) is 24.3 Å². The Kier molecular flexibility index (Phi) is 5.30. The lowest BCUT2D eigenvalue weighted by Gasteiger charge is -2.11. The second-order valence-electron chi connectivity index (χ2n) is 7.00. The topological polar surface area (TPSA) is 99.8 Å². The first-order valence-corrected chi connectivity index (χ1v) is 9.55. The minimum absolute atomic E-state index is 0.0507. The fourth-order valence-electron chi connectivity index (χ4n) is 3.41. The van der Waals surface area contributed by atoms with Crippen LogP contribution in [0.15, 0.2) is 35.1 Å². The van der Waals surface area contributed by atoms with Gasteiger partial charge in [0.2, 0.25) is 5.91 Å². The average molecular weight is 397 g/mol. The molecule has 1 amide bonds. The lowest BCUT2D eigenvalue weighted by molar-refractivity contribution is -0.122. The van der Waals surface area contributed by atoms with Crippen LogP contribution in [-0.2, 0) is 16.1 Å². The van der Waals surface area contributed by atoms with E-state index in [9.17, 15) is 9.59 Å². The van der Waals surface area contributed by atoms with Crippen molar-refractivity contribution >= 4 is 11.4 Å². The number of benzene rings is 1. The summed E-state index contributed by atoms with van der Waals surface area (Å²) in [5.74, 6) is 0.992. The quantitative estimate of drug-likeness (QED) is 0.670. The van der Waals surface area contributed by atoms with Crippen LogP contribution in [0.4, 0.5) is 0 Å². The molecule has 0 saturated carbocycles. The van der Waals surface area contributed by atoms with Crippen molar-refractivity contribution in [2.75, 3.05) is 20.3 Å². The Balaban J connectivity index is 1.56. The maximum absolute atomic E-state index is 12.8. The third-order valence-corrected chi connectivity index (χ3v) is 4.96. The molecular weight excluding hydrogens is 374 g/mol. The number of nitrogens with one attached hydrogen (secondary N) is 1. The van der Waals surface area contributed by atoms with Gasteiger partial charge in [-0.05, 0) is 50.1 Å². The number of hydrogen-bond donors (Lipinski definition) is 1. The highest BCUT2D eigenvalue weighted by atomic mass is 16.5. The number of rotatable bonds is 6. The zero-order chi connectivity index (χ0) is 20.4. The molecule has 1 saturated heterocycles. The number of nitrogens with zero attached hydrogens (tertiary/aromatic N) is 4. The molecule has 2 aromatic heterocycles. The molecule has 0 spiro atoms. The predicted octanol–water partition coefficient (Wildman–Crippen LogP) is 1.17. The number of carbonyl (C=O) groups is 1. The van der Waals surface area contributed by atoms with Crippen LogP contribution in [0.3, 0.4) is 0 Å². The second kappa shape index (κ2) is 8.04. The lowest BCUT2D eigenvalue weighted by atomic mass is 10.1. The average Bonchev–Trinajstić information content (AvgIpc) is 3.41. The van der Waals surface area contributed by atoms with Gasteiger partial charge in [0, 0.05) is 18.7 Å². The standard InChI is InChI=1S/C20H23N5O4/c1-13-22-24(12-19(26)21-11-16-4-3-9-29-16)20(27)18-10-17(23-25(13)18)14-5-7-15(28-2)8-6-14/h5-8,10,16H,3-4,9,11-12H2,1-2H3,(H,21,26). The van der Waals surface area contributed by atoms with Gasteiger partial charge in [0.1, 0.15) is 23.6 Å². The van der Waals surface area contributed by atoms with Crippen LogP contribution in [0.1, 0.15) is 18.7 Å². The third kappa shape index (κ3) is 4.00. The molecule has 1 aliphatic heterocycles. The van der Waals surface area contributed by atoms with Crippen LogP contribution >= 0.6 is 0 Å². The molecule has 152 valence electrons. The lowest BCUT2D eigenvalue weighted by Crippen LogP contribution is -2.38. The Morgan fingerprint density at radius 1 is 1.31 bits per heavy atom. The normalized spacial score (nSPS) is 16.3. The van der Waals surface area contributed by atoms with Gasteiger partial charge in [-0.3, -0.25) is 9.59 Å². The summed E-state index contributed by atoms with van der Waals surface area (Å²) < 4.78 is 13.3. The van der Waals surface area contributed by atoms with Crippen molar-refractivity contribution in [1.29, 1.82) is 0 Å². The van der Waals surface area contributed by atoms with E-state index in [1.54, 1.807) is 20.1 Å². The minimum Gasteiger partial charge on any atom is -0.497 e. The number of amides is 1. The van der Waals surface area contributed by atoms with E-state index in [0.29, 0.717) is 23.6 Å². The van der Waals surface area contributed by atoms with Crippen molar-refractivity contribution in [1.82, 2.24) is 24.7 Å². The first-order chi connectivity index (χ1) is 14.0. The first kappa shape index (κ1) is 19.1. The van der Waals surface area contributed by atoms with Gasteiger partial charge in [0.15, 0.2) is 0 Å². The van der Waals surface area contributed by atoms with E-state index in [4.69, 9.17) is 9.47 Å². The number of fused-ring (bicyclic) bond motifs is 1. The van der Waals surface area contributed by atoms with E-state index in [0.717, 1.165) is 30.8 Å². The molecule has 1 N–H and O–H groups in total. The minimum atomic E-state index is -0.366. The zero-order valence-corrected chi connectivity index (χ0v) is 16.4. The maximum atomic E-state index is 12.8. The SMILES string of the molecule is COc1ccc(-c2cc3c(=O)n(CC(=O)NCC4CCCO4)nc(C)n3n2)cc1. The molecule has 3 aromatic rings. The molecule has 9 heteroatoms. The highest BCUT2D eigenvalue weighted by Gasteiger charge is 2.18. The Hall–Kier alpha value is -3.20.